The Morgan fingerprint density at radius 1 is 1.03 bits per heavy atom. The molecule has 190 valence electrons. The van der Waals surface area contributed by atoms with Gasteiger partial charge in [-0.2, -0.15) is 5.21 Å². The molecule has 0 aliphatic rings. The SMILES string of the molecule is CCCCc1cn(-c2cccn2C(C)CC)c(=O)n1Cc1cnccc1-c1ccccc1-c1nn[nH]n1. The fourth-order valence-corrected chi connectivity index (χ4v) is 4.75. The van der Waals surface area contributed by atoms with E-state index >= 15 is 0 Å². The summed E-state index contributed by atoms with van der Waals surface area (Å²) < 4.78 is 5.85. The van der Waals surface area contributed by atoms with Crippen LogP contribution in [0.4, 0.5) is 0 Å². The van der Waals surface area contributed by atoms with Gasteiger partial charge in [-0.05, 0) is 66.3 Å². The number of imidazole rings is 1. The van der Waals surface area contributed by atoms with Gasteiger partial charge in [0, 0.05) is 42.1 Å². The summed E-state index contributed by atoms with van der Waals surface area (Å²) in [6, 6.07) is 14.3. The van der Waals surface area contributed by atoms with Crippen LogP contribution in [0.3, 0.4) is 0 Å². The summed E-state index contributed by atoms with van der Waals surface area (Å²) in [6.45, 7) is 6.92. The van der Waals surface area contributed by atoms with E-state index in [1.54, 1.807) is 10.8 Å². The van der Waals surface area contributed by atoms with Gasteiger partial charge in [-0.1, -0.05) is 44.5 Å². The largest absolute Gasteiger partial charge is 0.334 e. The zero-order valence-electron chi connectivity index (χ0n) is 21.5. The van der Waals surface area contributed by atoms with Crippen molar-refractivity contribution >= 4 is 0 Å². The van der Waals surface area contributed by atoms with Crippen molar-refractivity contribution in [1.29, 1.82) is 0 Å². The number of pyridine rings is 1. The number of hydrogen-bond donors (Lipinski definition) is 1. The Labute approximate surface area is 215 Å². The van der Waals surface area contributed by atoms with Crippen molar-refractivity contribution in [2.45, 2.75) is 59.0 Å². The molecule has 5 aromatic rings. The Morgan fingerprint density at radius 2 is 1.86 bits per heavy atom. The average molecular weight is 497 g/mol. The van der Waals surface area contributed by atoms with Gasteiger partial charge in [0.05, 0.1) is 6.54 Å². The van der Waals surface area contributed by atoms with Crippen LogP contribution in [0.15, 0.2) is 72.0 Å². The maximum atomic E-state index is 13.9. The quantitative estimate of drug-likeness (QED) is 0.292. The van der Waals surface area contributed by atoms with E-state index in [0.717, 1.165) is 59.4 Å². The van der Waals surface area contributed by atoms with Gasteiger partial charge in [0.2, 0.25) is 5.82 Å². The monoisotopic (exact) mass is 496 g/mol. The molecule has 0 amide bonds. The fourth-order valence-electron chi connectivity index (χ4n) is 4.75. The summed E-state index contributed by atoms with van der Waals surface area (Å²) in [5.41, 5.74) is 4.74. The van der Waals surface area contributed by atoms with Crippen molar-refractivity contribution in [3.05, 3.63) is 89.0 Å². The average Bonchev–Trinajstić information content (AvgIpc) is 3.69. The molecule has 0 saturated carbocycles. The lowest BCUT2D eigenvalue weighted by molar-refractivity contribution is 0.521. The molecule has 5 rings (SSSR count). The van der Waals surface area contributed by atoms with E-state index in [4.69, 9.17) is 0 Å². The van der Waals surface area contributed by atoms with Gasteiger partial charge in [0.25, 0.3) is 0 Å². The zero-order valence-corrected chi connectivity index (χ0v) is 21.5. The predicted octanol–water partition coefficient (Wildman–Crippen LogP) is 5.04. The molecule has 4 aromatic heterocycles. The van der Waals surface area contributed by atoms with E-state index in [-0.39, 0.29) is 5.69 Å². The third-order valence-corrected chi connectivity index (χ3v) is 6.95. The van der Waals surface area contributed by atoms with Crippen molar-refractivity contribution in [3.8, 4) is 28.3 Å². The molecule has 0 radical (unpaired) electrons. The number of aryl methyl sites for hydroxylation is 1. The molecule has 0 aliphatic heterocycles. The van der Waals surface area contributed by atoms with Gasteiger partial charge in [-0.3, -0.25) is 14.1 Å². The molecule has 0 saturated heterocycles. The van der Waals surface area contributed by atoms with E-state index in [2.05, 4.69) is 50.9 Å². The number of rotatable bonds is 10. The van der Waals surface area contributed by atoms with E-state index < -0.39 is 0 Å². The van der Waals surface area contributed by atoms with Crippen LogP contribution < -0.4 is 5.69 Å². The molecule has 0 fully saturated rings. The zero-order chi connectivity index (χ0) is 25.8. The first-order valence-corrected chi connectivity index (χ1v) is 12.9. The van der Waals surface area contributed by atoms with Crippen molar-refractivity contribution in [2.24, 2.45) is 0 Å². The first-order chi connectivity index (χ1) is 18.1. The summed E-state index contributed by atoms with van der Waals surface area (Å²) in [5, 5.41) is 14.6. The highest BCUT2D eigenvalue weighted by molar-refractivity contribution is 5.81. The number of aromatic nitrogens is 8. The molecule has 37 heavy (non-hydrogen) atoms. The second-order valence-corrected chi connectivity index (χ2v) is 9.31. The lowest BCUT2D eigenvalue weighted by Crippen LogP contribution is -2.26. The number of H-pyrrole nitrogens is 1. The minimum Gasteiger partial charge on any atom is -0.331 e. The minimum atomic E-state index is -0.0457. The van der Waals surface area contributed by atoms with Gasteiger partial charge in [0.15, 0.2) is 0 Å². The number of tetrazole rings is 1. The number of nitrogens with zero attached hydrogens (tertiary/aromatic N) is 7. The second-order valence-electron chi connectivity index (χ2n) is 9.31. The Hall–Kier alpha value is -4.27. The number of unbranched alkanes of at least 4 members (excludes halogenated alkanes) is 1. The maximum absolute atomic E-state index is 13.9. The highest BCUT2D eigenvalue weighted by atomic mass is 16.1. The number of aromatic amines is 1. The third-order valence-electron chi connectivity index (χ3n) is 6.95. The summed E-state index contributed by atoms with van der Waals surface area (Å²) >= 11 is 0. The van der Waals surface area contributed by atoms with Crippen LogP contribution in [0.2, 0.25) is 0 Å². The third kappa shape index (κ3) is 4.76. The van der Waals surface area contributed by atoms with Crippen LogP contribution >= 0.6 is 0 Å². The van der Waals surface area contributed by atoms with Crippen molar-refractivity contribution in [1.82, 2.24) is 39.3 Å². The van der Waals surface area contributed by atoms with E-state index in [1.807, 2.05) is 65.6 Å². The first-order valence-electron chi connectivity index (χ1n) is 12.9. The first kappa shape index (κ1) is 24.4. The van der Waals surface area contributed by atoms with Gasteiger partial charge < -0.3 is 4.57 Å². The number of hydrogen-bond acceptors (Lipinski definition) is 5. The van der Waals surface area contributed by atoms with Gasteiger partial charge in [-0.25, -0.2) is 4.79 Å². The van der Waals surface area contributed by atoms with Crippen molar-refractivity contribution < 1.29 is 0 Å². The number of benzene rings is 1. The van der Waals surface area contributed by atoms with Crippen LogP contribution in [-0.2, 0) is 13.0 Å². The van der Waals surface area contributed by atoms with Gasteiger partial charge in [0.1, 0.15) is 5.82 Å². The molecule has 9 heteroatoms. The smallest absolute Gasteiger partial charge is 0.331 e. The highest BCUT2D eigenvalue weighted by Crippen LogP contribution is 2.32. The van der Waals surface area contributed by atoms with Crippen LogP contribution in [0.5, 0.6) is 0 Å². The van der Waals surface area contributed by atoms with E-state index in [1.165, 1.54) is 0 Å². The minimum absolute atomic E-state index is 0.0457. The summed E-state index contributed by atoms with van der Waals surface area (Å²) in [7, 11) is 0. The van der Waals surface area contributed by atoms with Crippen LogP contribution in [0, 0.1) is 0 Å². The molecule has 1 N–H and O–H groups in total. The Morgan fingerprint density at radius 3 is 2.62 bits per heavy atom. The molecular formula is C28H32N8O. The number of nitrogens with one attached hydrogen (secondary N) is 1. The molecular weight excluding hydrogens is 464 g/mol. The molecule has 9 nitrogen and oxygen atoms in total. The predicted molar refractivity (Wildman–Crippen MR) is 144 cm³/mol. The Kier molecular flexibility index (Phi) is 7.11. The summed E-state index contributed by atoms with van der Waals surface area (Å²) in [4.78, 5) is 18.3. The van der Waals surface area contributed by atoms with Crippen molar-refractivity contribution in [2.75, 3.05) is 0 Å². The topological polar surface area (TPSA) is 99.2 Å². The summed E-state index contributed by atoms with van der Waals surface area (Å²) in [6.07, 6.45) is 11.6. The highest BCUT2D eigenvalue weighted by Gasteiger charge is 2.19. The van der Waals surface area contributed by atoms with Crippen molar-refractivity contribution in [3.63, 3.8) is 0 Å². The maximum Gasteiger partial charge on any atom is 0.334 e. The van der Waals surface area contributed by atoms with Crippen LogP contribution in [0.1, 0.15) is 57.3 Å². The van der Waals surface area contributed by atoms with E-state index in [0.29, 0.717) is 18.4 Å². The normalized spacial score (nSPS) is 12.2. The molecule has 4 heterocycles. The Bertz CT molecular complexity index is 1530. The molecule has 1 atom stereocenters. The van der Waals surface area contributed by atoms with Gasteiger partial charge in [-0.15, -0.1) is 10.2 Å². The van der Waals surface area contributed by atoms with Gasteiger partial charge >= 0.3 is 5.69 Å². The molecule has 0 aliphatic carbocycles. The van der Waals surface area contributed by atoms with Crippen LogP contribution in [0.25, 0.3) is 28.3 Å². The lowest BCUT2D eigenvalue weighted by Gasteiger charge is -2.15. The summed E-state index contributed by atoms with van der Waals surface area (Å²) in [5.74, 6) is 1.42. The van der Waals surface area contributed by atoms with E-state index in [9.17, 15) is 4.79 Å². The molecule has 1 unspecified atom stereocenters. The lowest BCUT2D eigenvalue weighted by atomic mass is 9.96. The Balaban J connectivity index is 1.60. The molecule has 1 aromatic carbocycles. The fraction of sp³-hybridized carbons (Fsp3) is 0.321. The molecule has 0 bridgehead atoms. The second kappa shape index (κ2) is 10.8. The van der Waals surface area contributed by atoms with Crippen LogP contribution in [-0.4, -0.2) is 39.3 Å². The molecule has 0 spiro atoms. The standard InChI is InChI=1S/C28H32N8O/c1-4-6-10-22-19-36(26-13-9-16-34(26)20(3)5-2)28(37)35(22)18-21-17-29-15-14-23(21)24-11-7-8-12-25(24)27-30-32-33-31-27/h7-9,11-17,19-20H,4-6,10,18H2,1-3H3,(H,30,31,32,33).